The second-order valence-electron chi connectivity index (χ2n) is 12.2. The average molecular weight is 647 g/mol. The number of nitrogens with zero attached hydrogens (tertiary/aromatic N) is 2. The van der Waals surface area contributed by atoms with Crippen molar-refractivity contribution in [2.75, 3.05) is 16.8 Å². The molecule has 0 spiro atoms. The average Bonchev–Trinajstić information content (AvgIpc) is 3.31. The van der Waals surface area contributed by atoms with E-state index in [-0.39, 0.29) is 35.2 Å². The Labute approximate surface area is 270 Å². The van der Waals surface area contributed by atoms with E-state index in [9.17, 15) is 32.8 Å². The first-order chi connectivity index (χ1) is 22.4. The predicted octanol–water partition coefficient (Wildman–Crippen LogP) is 6.43. The number of fused-ring (bicyclic) bond motifs is 1. The fourth-order valence-electron chi connectivity index (χ4n) is 5.95. The largest absolute Gasteiger partial charge is 0.477 e. The van der Waals surface area contributed by atoms with Crippen molar-refractivity contribution in [3.8, 4) is 0 Å². The van der Waals surface area contributed by atoms with Gasteiger partial charge in [-0.15, -0.1) is 0 Å². The van der Waals surface area contributed by atoms with Crippen molar-refractivity contribution >= 4 is 41.1 Å². The maximum atomic E-state index is 13.8. The van der Waals surface area contributed by atoms with Crippen molar-refractivity contribution in [3.05, 3.63) is 94.5 Å². The van der Waals surface area contributed by atoms with Gasteiger partial charge in [-0.2, -0.15) is 8.78 Å². The van der Waals surface area contributed by atoms with Crippen molar-refractivity contribution in [1.82, 2.24) is 10.2 Å². The zero-order valence-electron chi connectivity index (χ0n) is 26.1. The maximum absolute atomic E-state index is 13.8. The van der Waals surface area contributed by atoms with Gasteiger partial charge in [-0.25, -0.2) is 9.59 Å². The van der Waals surface area contributed by atoms with E-state index in [1.807, 2.05) is 29.6 Å². The summed E-state index contributed by atoms with van der Waals surface area (Å²) in [5.41, 5.74) is 3.26. The fourth-order valence-corrected chi connectivity index (χ4v) is 5.95. The molecule has 2 aliphatic rings. The predicted molar refractivity (Wildman–Crippen MR) is 171 cm³/mol. The van der Waals surface area contributed by atoms with Gasteiger partial charge in [-0.05, 0) is 86.2 Å². The first-order valence-corrected chi connectivity index (χ1v) is 15.5. The highest BCUT2D eigenvalue weighted by Crippen LogP contribution is 2.34. The number of nitrogens with one attached hydrogen (secondary N) is 2. The Bertz CT molecular complexity index is 1690. The molecular formula is C35H36F2N4O6. The highest BCUT2D eigenvalue weighted by Gasteiger charge is 2.39. The number of urea groups is 1. The molecule has 1 aliphatic carbocycles. The van der Waals surface area contributed by atoms with E-state index in [0.717, 1.165) is 12.8 Å². The van der Waals surface area contributed by atoms with Crippen LogP contribution < -0.4 is 15.5 Å². The number of carbonyl (C=O) groups is 5. The van der Waals surface area contributed by atoms with E-state index in [4.69, 9.17) is 5.11 Å². The van der Waals surface area contributed by atoms with Crippen molar-refractivity contribution < 1.29 is 37.9 Å². The standard InChI is InChI=1S/C35H36F2N4O6/c1-21(2)41-31(43)28-17-14-26(18-29(28)32(41)44)39-34(47)40(27-15-12-24(13-16-27)23-6-4-3-5-7-23)19-22-8-10-25(11-9-22)30(42)38-20-35(36,37)33(45)46/h8-18,21,23H,3-7,19-20H2,1-2H3,(H,38,42)(H,39,47)(H,45,46). The molecule has 1 heterocycles. The van der Waals surface area contributed by atoms with Crippen LogP contribution in [0.1, 0.15) is 94.1 Å². The summed E-state index contributed by atoms with van der Waals surface area (Å²) in [6, 6.07) is 17.5. The Morgan fingerprint density at radius 1 is 0.915 bits per heavy atom. The van der Waals surface area contributed by atoms with Gasteiger partial charge in [0.05, 0.1) is 24.2 Å². The summed E-state index contributed by atoms with van der Waals surface area (Å²) in [7, 11) is 0. The Hall–Kier alpha value is -5.13. The first kappa shape index (κ1) is 33.2. The molecule has 3 aromatic carbocycles. The van der Waals surface area contributed by atoms with Crippen molar-refractivity contribution in [1.29, 1.82) is 0 Å². The van der Waals surface area contributed by atoms with Gasteiger partial charge in [0, 0.05) is 23.0 Å². The van der Waals surface area contributed by atoms with Crippen LogP contribution in [0.5, 0.6) is 0 Å². The molecular weight excluding hydrogens is 610 g/mol. The number of imide groups is 1. The summed E-state index contributed by atoms with van der Waals surface area (Å²) in [6.45, 7) is 2.21. The summed E-state index contributed by atoms with van der Waals surface area (Å²) in [4.78, 5) is 65.1. The number of halogens is 2. The number of carboxylic acids is 1. The molecule has 0 saturated heterocycles. The van der Waals surface area contributed by atoms with Gasteiger partial charge >= 0.3 is 17.9 Å². The third-order valence-electron chi connectivity index (χ3n) is 8.55. The van der Waals surface area contributed by atoms with E-state index in [0.29, 0.717) is 22.9 Å². The molecule has 0 aromatic heterocycles. The van der Waals surface area contributed by atoms with Crippen LogP contribution >= 0.6 is 0 Å². The molecule has 0 unspecified atom stereocenters. The molecule has 3 N–H and O–H groups in total. The number of alkyl halides is 2. The number of benzene rings is 3. The van der Waals surface area contributed by atoms with Crippen LogP contribution in [0.4, 0.5) is 25.0 Å². The molecule has 1 fully saturated rings. The van der Waals surface area contributed by atoms with E-state index in [1.54, 1.807) is 32.0 Å². The van der Waals surface area contributed by atoms with E-state index in [2.05, 4.69) is 5.32 Å². The number of aliphatic carboxylic acids is 1. The van der Waals surface area contributed by atoms with E-state index >= 15 is 0 Å². The van der Waals surface area contributed by atoms with Gasteiger partial charge < -0.3 is 15.7 Å². The lowest BCUT2D eigenvalue weighted by Crippen LogP contribution is -2.42. The van der Waals surface area contributed by atoms with Gasteiger partial charge in [0.25, 0.3) is 17.7 Å². The first-order valence-electron chi connectivity index (χ1n) is 15.5. The minimum Gasteiger partial charge on any atom is -0.477 e. The number of hydrogen-bond donors (Lipinski definition) is 3. The minimum atomic E-state index is -4.11. The Morgan fingerprint density at radius 2 is 1.55 bits per heavy atom. The number of hydrogen-bond acceptors (Lipinski definition) is 5. The topological polar surface area (TPSA) is 136 Å². The van der Waals surface area contributed by atoms with Crippen LogP contribution in [0, 0.1) is 0 Å². The molecule has 5 rings (SSSR count). The number of anilines is 2. The molecule has 12 heteroatoms. The highest BCUT2D eigenvalue weighted by molar-refractivity contribution is 6.22. The monoisotopic (exact) mass is 646 g/mol. The van der Waals surface area contributed by atoms with Gasteiger partial charge in [-0.3, -0.25) is 24.2 Å². The highest BCUT2D eigenvalue weighted by atomic mass is 19.3. The molecule has 1 aliphatic heterocycles. The Morgan fingerprint density at radius 3 is 2.17 bits per heavy atom. The molecule has 1 saturated carbocycles. The lowest BCUT2D eigenvalue weighted by molar-refractivity contribution is -0.163. The summed E-state index contributed by atoms with van der Waals surface area (Å²) < 4.78 is 26.8. The second-order valence-corrected chi connectivity index (χ2v) is 12.2. The second kappa shape index (κ2) is 13.7. The molecule has 10 nitrogen and oxygen atoms in total. The zero-order chi connectivity index (χ0) is 33.9. The van der Waals surface area contributed by atoms with Gasteiger partial charge in [-0.1, -0.05) is 43.5 Å². The summed E-state index contributed by atoms with van der Waals surface area (Å²) >= 11 is 0. The minimum absolute atomic E-state index is 0.0376. The molecule has 5 amide bonds. The number of carbonyl (C=O) groups excluding carboxylic acids is 4. The van der Waals surface area contributed by atoms with E-state index in [1.165, 1.54) is 58.9 Å². The normalized spacial score (nSPS) is 15.0. The maximum Gasteiger partial charge on any atom is 0.376 e. The third-order valence-corrected chi connectivity index (χ3v) is 8.55. The molecule has 246 valence electrons. The quantitative estimate of drug-likeness (QED) is 0.217. The summed E-state index contributed by atoms with van der Waals surface area (Å²) in [5.74, 6) is -7.66. The number of rotatable bonds is 10. The smallest absolute Gasteiger partial charge is 0.376 e. The molecule has 47 heavy (non-hydrogen) atoms. The summed E-state index contributed by atoms with van der Waals surface area (Å²) in [5, 5.41) is 13.3. The lowest BCUT2D eigenvalue weighted by atomic mass is 9.84. The fraction of sp³-hybridized carbons (Fsp3) is 0.343. The molecule has 0 atom stereocenters. The van der Waals surface area contributed by atoms with Crippen LogP contribution in [0.25, 0.3) is 0 Å². The van der Waals surface area contributed by atoms with Gasteiger partial charge in [0.1, 0.15) is 0 Å². The number of carboxylic acid groups (broad SMARTS) is 1. The molecule has 0 radical (unpaired) electrons. The zero-order valence-corrected chi connectivity index (χ0v) is 26.1. The number of amides is 5. The van der Waals surface area contributed by atoms with Gasteiger partial charge in [0.15, 0.2) is 0 Å². The molecule has 3 aromatic rings. The SMILES string of the molecule is CC(C)N1C(=O)c2ccc(NC(=O)N(Cc3ccc(C(=O)NCC(F)(F)C(=O)O)cc3)c3ccc(C4CCCCC4)cc3)cc2C1=O. The molecule has 0 bridgehead atoms. The van der Waals surface area contributed by atoms with Crippen molar-refractivity contribution in [2.45, 2.75) is 70.4 Å². The van der Waals surface area contributed by atoms with E-state index < -0.39 is 36.3 Å². The Kier molecular flexibility index (Phi) is 9.69. The van der Waals surface area contributed by atoms with Crippen molar-refractivity contribution in [2.24, 2.45) is 0 Å². The van der Waals surface area contributed by atoms with Crippen molar-refractivity contribution in [3.63, 3.8) is 0 Å². The van der Waals surface area contributed by atoms with Crippen LogP contribution in [0.3, 0.4) is 0 Å². The van der Waals surface area contributed by atoms with Gasteiger partial charge in [0.2, 0.25) is 0 Å². The van der Waals surface area contributed by atoms with Crippen LogP contribution in [-0.4, -0.2) is 58.2 Å². The van der Waals surface area contributed by atoms with Crippen LogP contribution in [-0.2, 0) is 11.3 Å². The van der Waals surface area contributed by atoms with Crippen LogP contribution in [0.15, 0.2) is 66.7 Å². The summed E-state index contributed by atoms with van der Waals surface area (Å²) in [6.07, 6.45) is 5.83. The lowest BCUT2D eigenvalue weighted by Gasteiger charge is -2.26. The third kappa shape index (κ3) is 7.32. The van der Waals surface area contributed by atoms with Crippen LogP contribution in [0.2, 0.25) is 0 Å². The Balaban J connectivity index is 1.36.